The molecule has 0 bridgehead atoms. The maximum atomic E-state index is 12.4. The van der Waals surface area contributed by atoms with E-state index in [1.807, 2.05) is 49.4 Å². The Balaban J connectivity index is 1.76. The Labute approximate surface area is 138 Å². The van der Waals surface area contributed by atoms with Gasteiger partial charge in [0.15, 0.2) is 0 Å². The third-order valence-corrected chi connectivity index (χ3v) is 4.59. The lowest BCUT2D eigenvalue weighted by atomic mass is 10.1. The molecular formula is C16H17N5OS. The molecule has 0 saturated heterocycles. The van der Waals surface area contributed by atoms with Crippen molar-refractivity contribution in [1.82, 2.24) is 14.9 Å². The van der Waals surface area contributed by atoms with E-state index in [1.54, 1.807) is 6.92 Å². The van der Waals surface area contributed by atoms with Crippen molar-refractivity contribution in [1.29, 1.82) is 0 Å². The average molecular weight is 327 g/mol. The number of nitrogens with zero attached hydrogens (tertiary/aromatic N) is 3. The van der Waals surface area contributed by atoms with Gasteiger partial charge >= 0.3 is 0 Å². The number of hydrogen-bond donors (Lipinski definition) is 2. The molecule has 2 aromatic carbocycles. The van der Waals surface area contributed by atoms with E-state index in [9.17, 15) is 4.79 Å². The Bertz CT molecular complexity index is 855. The Morgan fingerprint density at radius 2 is 1.96 bits per heavy atom. The predicted octanol–water partition coefficient (Wildman–Crippen LogP) is 2.57. The third-order valence-electron chi connectivity index (χ3n) is 3.53. The van der Waals surface area contributed by atoms with Crippen LogP contribution < -0.4 is 11.2 Å². The summed E-state index contributed by atoms with van der Waals surface area (Å²) < 4.78 is 1.38. The van der Waals surface area contributed by atoms with Gasteiger partial charge in [0.05, 0.1) is 5.25 Å². The highest BCUT2D eigenvalue weighted by molar-refractivity contribution is 8.00. The molecule has 0 aliphatic carbocycles. The first-order valence-corrected chi connectivity index (χ1v) is 8.06. The van der Waals surface area contributed by atoms with Crippen molar-refractivity contribution in [2.24, 2.45) is 0 Å². The van der Waals surface area contributed by atoms with Crippen LogP contribution in [-0.2, 0) is 4.79 Å². The highest BCUT2D eigenvalue weighted by Crippen LogP contribution is 2.25. The largest absolute Gasteiger partial charge is 0.336 e. The summed E-state index contributed by atoms with van der Waals surface area (Å²) in [5.74, 6) is 6.32. The number of hydrogen-bond acceptors (Lipinski definition) is 5. The molecule has 118 valence electrons. The van der Waals surface area contributed by atoms with E-state index in [0.717, 1.165) is 16.5 Å². The fraction of sp³-hybridized carbons (Fsp3) is 0.188. The second-order valence-electron chi connectivity index (χ2n) is 5.18. The summed E-state index contributed by atoms with van der Waals surface area (Å²) >= 11 is 1.28. The van der Waals surface area contributed by atoms with Crippen molar-refractivity contribution in [3.8, 4) is 0 Å². The number of amides is 1. The van der Waals surface area contributed by atoms with Crippen LogP contribution in [0, 0.1) is 6.92 Å². The number of nitrogens with one attached hydrogen (secondary N) is 1. The van der Waals surface area contributed by atoms with E-state index in [-0.39, 0.29) is 11.2 Å². The number of anilines is 1. The molecule has 1 amide bonds. The van der Waals surface area contributed by atoms with Crippen LogP contribution in [0.2, 0.25) is 0 Å². The van der Waals surface area contributed by atoms with Gasteiger partial charge in [0.25, 0.3) is 0 Å². The molecule has 3 aromatic rings. The zero-order valence-corrected chi connectivity index (χ0v) is 13.7. The number of nitrogen functional groups attached to an aromatic ring is 1. The van der Waals surface area contributed by atoms with Crippen LogP contribution in [0.4, 0.5) is 5.69 Å². The molecule has 1 atom stereocenters. The van der Waals surface area contributed by atoms with E-state index < -0.39 is 0 Å². The molecule has 1 heterocycles. The van der Waals surface area contributed by atoms with Crippen LogP contribution in [-0.4, -0.2) is 26.0 Å². The lowest BCUT2D eigenvalue weighted by molar-refractivity contribution is -0.115. The predicted molar refractivity (Wildman–Crippen MR) is 92.8 cm³/mol. The Hall–Kier alpha value is -2.54. The van der Waals surface area contributed by atoms with Gasteiger partial charge in [0.2, 0.25) is 11.1 Å². The van der Waals surface area contributed by atoms with E-state index in [2.05, 4.69) is 15.5 Å². The third kappa shape index (κ3) is 3.14. The summed E-state index contributed by atoms with van der Waals surface area (Å²) in [5, 5.41) is 13.1. The van der Waals surface area contributed by atoms with Crippen molar-refractivity contribution in [2.75, 3.05) is 11.2 Å². The van der Waals surface area contributed by atoms with Gasteiger partial charge in [-0.3, -0.25) is 4.79 Å². The highest BCUT2D eigenvalue weighted by Gasteiger charge is 2.19. The Kier molecular flexibility index (Phi) is 4.20. The van der Waals surface area contributed by atoms with Gasteiger partial charge in [0.1, 0.15) is 5.82 Å². The van der Waals surface area contributed by atoms with Crippen molar-refractivity contribution in [2.45, 2.75) is 24.3 Å². The topological polar surface area (TPSA) is 85.8 Å². The monoisotopic (exact) mass is 327 g/mol. The minimum atomic E-state index is -0.347. The van der Waals surface area contributed by atoms with Crippen LogP contribution in [0.3, 0.4) is 0 Å². The fourth-order valence-electron chi connectivity index (χ4n) is 2.21. The first-order chi connectivity index (χ1) is 11.1. The molecule has 23 heavy (non-hydrogen) atoms. The first-order valence-electron chi connectivity index (χ1n) is 7.18. The van der Waals surface area contributed by atoms with Gasteiger partial charge in [-0.2, -0.15) is 0 Å². The number of aromatic nitrogens is 3. The molecular weight excluding hydrogens is 310 g/mol. The standard InChI is InChI=1S/C16H17N5OS/c1-10(23-16-20-19-11(2)21(16)17)15(22)18-14-9-5-7-12-6-3-4-8-13(12)14/h3-10H,17H2,1-2H3,(H,18,22)/t10-/m1/s1. The molecule has 6 nitrogen and oxygen atoms in total. The summed E-state index contributed by atoms with van der Waals surface area (Å²) in [5.41, 5.74) is 0.797. The number of aryl methyl sites for hydroxylation is 1. The van der Waals surface area contributed by atoms with E-state index in [4.69, 9.17) is 5.84 Å². The van der Waals surface area contributed by atoms with Gasteiger partial charge < -0.3 is 11.2 Å². The van der Waals surface area contributed by atoms with Crippen LogP contribution >= 0.6 is 11.8 Å². The summed E-state index contributed by atoms with van der Waals surface area (Å²) in [6.45, 7) is 3.58. The molecule has 0 aliphatic heterocycles. The van der Waals surface area contributed by atoms with E-state index >= 15 is 0 Å². The van der Waals surface area contributed by atoms with Crippen molar-refractivity contribution >= 4 is 34.1 Å². The number of carbonyl (C=O) groups excluding carboxylic acids is 1. The molecule has 0 saturated carbocycles. The number of carbonyl (C=O) groups is 1. The lowest BCUT2D eigenvalue weighted by Gasteiger charge is -2.13. The van der Waals surface area contributed by atoms with Crippen molar-refractivity contribution in [3.63, 3.8) is 0 Å². The summed E-state index contributed by atoms with van der Waals surface area (Å²) in [4.78, 5) is 12.4. The maximum absolute atomic E-state index is 12.4. The molecule has 0 unspecified atom stereocenters. The normalized spacial score (nSPS) is 12.3. The molecule has 0 spiro atoms. The summed E-state index contributed by atoms with van der Waals surface area (Å²) in [7, 11) is 0. The van der Waals surface area contributed by atoms with Gasteiger partial charge in [-0.1, -0.05) is 48.2 Å². The molecule has 1 aromatic heterocycles. The van der Waals surface area contributed by atoms with Crippen LogP contribution in [0.1, 0.15) is 12.7 Å². The molecule has 0 aliphatic rings. The van der Waals surface area contributed by atoms with E-state index in [0.29, 0.717) is 11.0 Å². The second-order valence-corrected chi connectivity index (χ2v) is 6.48. The average Bonchev–Trinajstić information content (AvgIpc) is 2.87. The van der Waals surface area contributed by atoms with Gasteiger partial charge in [-0.05, 0) is 25.3 Å². The minimum absolute atomic E-state index is 0.105. The van der Waals surface area contributed by atoms with Gasteiger partial charge in [-0.25, -0.2) is 4.68 Å². The molecule has 3 N–H and O–H groups in total. The summed E-state index contributed by atoms with van der Waals surface area (Å²) in [6, 6.07) is 13.8. The van der Waals surface area contributed by atoms with Crippen molar-refractivity contribution < 1.29 is 4.79 Å². The first kappa shape index (κ1) is 15.4. The number of nitrogens with two attached hydrogens (primary N) is 1. The number of thioether (sulfide) groups is 1. The Morgan fingerprint density at radius 1 is 1.22 bits per heavy atom. The molecule has 7 heteroatoms. The van der Waals surface area contributed by atoms with Crippen LogP contribution in [0.15, 0.2) is 47.6 Å². The van der Waals surface area contributed by atoms with Crippen LogP contribution in [0.25, 0.3) is 10.8 Å². The second kappa shape index (κ2) is 6.29. The molecule has 0 fully saturated rings. The quantitative estimate of drug-likeness (QED) is 0.568. The Morgan fingerprint density at radius 3 is 2.70 bits per heavy atom. The fourth-order valence-corrected chi connectivity index (χ4v) is 3.03. The molecule has 0 radical (unpaired) electrons. The van der Waals surface area contributed by atoms with Gasteiger partial charge in [0, 0.05) is 11.1 Å². The number of fused-ring (bicyclic) bond motifs is 1. The number of benzene rings is 2. The maximum Gasteiger partial charge on any atom is 0.237 e. The zero-order valence-electron chi connectivity index (χ0n) is 12.9. The molecule has 3 rings (SSSR count). The minimum Gasteiger partial charge on any atom is -0.336 e. The smallest absolute Gasteiger partial charge is 0.237 e. The van der Waals surface area contributed by atoms with Crippen molar-refractivity contribution in [3.05, 3.63) is 48.3 Å². The van der Waals surface area contributed by atoms with Crippen LogP contribution in [0.5, 0.6) is 0 Å². The van der Waals surface area contributed by atoms with Gasteiger partial charge in [-0.15, -0.1) is 10.2 Å². The van der Waals surface area contributed by atoms with E-state index in [1.165, 1.54) is 16.4 Å². The highest BCUT2D eigenvalue weighted by atomic mass is 32.2. The SMILES string of the molecule is Cc1nnc(S[C@H](C)C(=O)Nc2cccc3ccccc23)n1N. The summed E-state index contributed by atoms with van der Waals surface area (Å²) in [6.07, 6.45) is 0. The lowest BCUT2D eigenvalue weighted by Crippen LogP contribution is -2.23. The number of rotatable bonds is 4. The zero-order chi connectivity index (χ0) is 16.4.